The van der Waals surface area contributed by atoms with Gasteiger partial charge in [0.25, 0.3) is 0 Å². The van der Waals surface area contributed by atoms with Crippen molar-refractivity contribution in [3.05, 3.63) is 34.9 Å². The van der Waals surface area contributed by atoms with E-state index in [1.54, 1.807) is 24.8 Å². The van der Waals surface area contributed by atoms with Gasteiger partial charge in [0.2, 0.25) is 5.88 Å². The van der Waals surface area contributed by atoms with E-state index in [9.17, 15) is 5.11 Å². The van der Waals surface area contributed by atoms with Crippen molar-refractivity contribution in [2.24, 2.45) is 7.05 Å². The minimum absolute atomic E-state index is 0.372. The fourth-order valence-corrected chi connectivity index (χ4v) is 2.38. The molecule has 2 heterocycles. The highest BCUT2D eigenvalue weighted by atomic mass is 16.5. The van der Waals surface area contributed by atoms with Gasteiger partial charge < -0.3 is 19.6 Å². The van der Waals surface area contributed by atoms with Gasteiger partial charge in [0.05, 0.1) is 18.4 Å². The number of furan rings is 1. The molecule has 2 N–H and O–H groups in total. The Morgan fingerprint density at radius 3 is 2.71 bits per heavy atom. The zero-order valence-electron chi connectivity index (χ0n) is 13.2. The third-order valence-electron chi connectivity index (χ3n) is 3.52. The Kier molecular flexibility index (Phi) is 4.39. The van der Waals surface area contributed by atoms with Crippen molar-refractivity contribution < 1.29 is 14.3 Å². The number of methoxy groups -OCH3 is 1. The quantitative estimate of drug-likeness (QED) is 0.847. The van der Waals surface area contributed by atoms with Crippen LogP contribution in [0, 0.1) is 13.8 Å². The number of hydrogen-bond donors (Lipinski definition) is 2. The normalized spacial score (nSPS) is 14.2. The van der Waals surface area contributed by atoms with Gasteiger partial charge in [-0.05, 0) is 32.9 Å². The molecule has 0 saturated carbocycles. The molecule has 0 radical (unpaired) electrons. The molecule has 6 nitrogen and oxygen atoms in total. The van der Waals surface area contributed by atoms with Crippen molar-refractivity contribution in [3.63, 3.8) is 0 Å². The van der Waals surface area contributed by atoms with Crippen molar-refractivity contribution in [2.75, 3.05) is 13.7 Å². The highest BCUT2D eigenvalue weighted by Gasteiger charge is 2.26. The molecule has 0 spiro atoms. The van der Waals surface area contributed by atoms with Gasteiger partial charge in [-0.25, -0.2) is 4.68 Å². The van der Waals surface area contributed by atoms with E-state index in [-0.39, 0.29) is 0 Å². The van der Waals surface area contributed by atoms with Crippen LogP contribution in [0.4, 0.5) is 0 Å². The third-order valence-corrected chi connectivity index (χ3v) is 3.52. The molecular formula is C15H23N3O3. The number of aryl methyl sites for hydroxylation is 3. The monoisotopic (exact) mass is 293 g/mol. The van der Waals surface area contributed by atoms with Crippen LogP contribution in [0.5, 0.6) is 5.88 Å². The SMILES string of the molecule is COc1c(CNCC(C)(O)c2ccc(C)o2)c(C)nn1C. The Bertz CT molecular complexity index is 614. The molecule has 0 aromatic carbocycles. The number of nitrogens with zero attached hydrogens (tertiary/aromatic N) is 2. The largest absolute Gasteiger partial charge is 0.481 e. The van der Waals surface area contributed by atoms with Crippen LogP contribution in [0.2, 0.25) is 0 Å². The van der Waals surface area contributed by atoms with Gasteiger partial charge in [-0.1, -0.05) is 0 Å². The lowest BCUT2D eigenvalue weighted by Crippen LogP contribution is -2.34. The van der Waals surface area contributed by atoms with E-state index in [0.29, 0.717) is 18.8 Å². The van der Waals surface area contributed by atoms with Crippen LogP contribution in [0.3, 0.4) is 0 Å². The molecule has 0 amide bonds. The number of nitrogens with one attached hydrogen (secondary N) is 1. The second-order valence-electron chi connectivity index (χ2n) is 5.48. The third kappa shape index (κ3) is 3.28. The molecule has 2 rings (SSSR count). The molecule has 21 heavy (non-hydrogen) atoms. The molecule has 6 heteroatoms. The summed E-state index contributed by atoms with van der Waals surface area (Å²) in [7, 11) is 3.47. The number of ether oxygens (including phenoxy) is 1. The van der Waals surface area contributed by atoms with Crippen LogP contribution < -0.4 is 10.1 Å². The summed E-state index contributed by atoms with van der Waals surface area (Å²) in [4.78, 5) is 0. The molecular weight excluding hydrogens is 270 g/mol. The van der Waals surface area contributed by atoms with Crippen LogP contribution in [-0.2, 0) is 19.2 Å². The van der Waals surface area contributed by atoms with Crippen molar-refractivity contribution in [1.82, 2.24) is 15.1 Å². The molecule has 1 atom stereocenters. The molecule has 0 aliphatic heterocycles. The van der Waals surface area contributed by atoms with Crippen LogP contribution in [0.1, 0.15) is 29.7 Å². The summed E-state index contributed by atoms with van der Waals surface area (Å²) in [6.45, 7) is 6.46. The summed E-state index contributed by atoms with van der Waals surface area (Å²) in [6, 6.07) is 3.64. The molecule has 2 aromatic rings. The van der Waals surface area contributed by atoms with Crippen molar-refractivity contribution in [2.45, 2.75) is 32.9 Å². The summed E-state index contributed by atoms with van der Waals surface area (Å²) in [5, 5.41) is 18.0. The number of aliphatic hydroxyl groups is 1. The zero-order chi connectivity index (χ0) is 15.6. The minimum Gasteiger partial charge on any atom is -0.481 e. The average Bonchev–Trinajstić information content (AvgIpc) is 2.94. The number of hydrogen-bond acceptors (Lipinski definition) is 5. The molecule has 0 saturated heterocycles. The van der Waals surface area contributed by atoms with E-state index >= 15 is 0 Å². The van der Waals surface area contributed by atoms with E-state index in [4.69, 9.17) is 9.15 Å². The predicted octanol–water partition coefficient (Wildman–Crippen LogP) is 1.64. The van der Waals surface area contributed by atoms with Gasteiger partial charge in [0.15, 0.2) is 0 Å². The maximum Gasteiger partial charge on any atom is 0.216 e. The minimum atomic E-state index is -1.06. The van der Waals surface area contributed by atoms with Gasteiger partial charge >= 0.3 is 0 Å². The number of rotatable bonds is 6. The lowest BCUT2D eigenvalue weighted by molar-refractivity contribution is 0.0332. The Morgan fingerprint density at radius 1 is 1.43 bits per heavy atom. The standard InChI is InChI=1S/C15H23N3O3/c1-10-6-7-13(21-10)15(3,19)9-16-8-12-11(2)17-18(4)14(12)20-5/h6-7,16,19H,8-9H2,1-5H3. The highest BCUT2D eigenvalue weighted by Crippen LogP contribution is 2.23. The van der Waals surface area contributed by atoms with Gasteiger partial charge in [-0.15, -0.1) is 0 Å². The van der Waals surface area contributed by atoms with E-state index in [2.05, 4.69) is 10.4 Å². The first-order valence-corrected chi connectivity index (χ1v) is 6.91. The summed E-state index contributed by atoms with van der Waals surface area (Å²) >= 11 is 0. The van der Waals surface area contributed by atoms with Crippen LogP contribution in [0.15, 0.2) is 16.5 Å². The zero-order valence-corrected chi connectivity index (χ0v) is 13.2. The first-order valence-electron chi connectivity index (χ1n) is 6.91. The van der Waals surface area contributed by atoms with Crippen LogP contribution >= 0.6 is 0 Å². The first-order chi connectivity index (χ1) is 9.85. The first kappa shape index (κ1) is 15.6. The van der Waals surface area contributed by atoms with Crippen LogP contribution in [-0.4, -0.2) is 28.5 Å². The Labute approximate surface area is 124 Å². The smallest absolute Gasteiger partial charge is 0.216 e. The van der Waals surface area contributed by atoms with E-state index in [1.807, 2.05) is 27.0 Å². The van der Waals surface area contributed by atoms with Gasteiger partial charge in [-0.3, -0.25) is 0 Å². The van der Waals surface area contributed by atoms with E-state index in [0.717, 1.165) is 22.9 Å². The molecule has 0 aliphatic rings. The Morgan fingerprint density at radius 2 is 2.14 bits per heavy atom. The summed E-state index contributed by atoms with van der Waals surface area (Å²) < 4.78 is 12.5. The molecule has 1 unspecified atom stereocenters. The van der Waals surface area contributed by atoms with Gasteiger partial charge in [-0.2, -0.15) is 5.10 Å². The molecule has 0 aliphatic carbocycles. The van der Waals surface area contributed by atoms with Crippen molar-refractivity contribution >= 4 is 0 Å². The predicted molar refractivity (Wildman–Crippen MR) is 79.2 cm³/mol. The Hall–Kier alpha value is -1.79. The van der Waals surface area contributed by atoms with E-state index in [1.165, 1.54) is 0 Å². The summed E-state index contributed by atoms with van der Waals surface area (Å²) in [5.74, 6) is 2.07. The molecule has 0 bridgehead atoms. The average molecular weight is 293 g/mol. The molecule has 2 aromatic heterocycles. The number of aromatic nitrogens is 2. The maximum atomic E-state index is 10.5. The second-order valence-corrected chi connectivity index (χ2v) is 5.48. The van der Waals surface area contributed by atoms with Crippen LogP contribution in [0.25, 0.3) is 0 Å². The fourth-order valence-electron chi connectivity index (χ4n) is 2.38. The summed E-state index contributed by atoms with van der Waals surface area (Å²) in [6.07, 6.45) is 0. The lowest BCUT2D eigenvalue weighted by Gasteiger charge is -2.21. The fraction of sp³-hybridized carbons (Fsp3) is 0.533. The van der Waals surface area contributed by atoms with E-state index < -0.39 is 5.60 Å². The van der Waals surface area contributed by atoms with Crippen molar-refractivity contribution in [3.8, 4) is 5.88 Å². The van der Waals surface area contributed by atoms with Crippen molar-refractivity contribution in [1.29, 1.82) is 0 Å². The lowest BCUT2D eigenvalue weighted by atomic mass is 10.0. The summed E-state index contributed by atoms with van der Waals surface area (Å²) in [5.41, 5.74) is 0.846. The highest BCUT2D eigenvalue weighted by molar-refractivity contribution is 5.30. The molecule has 0 fully saturated rings. The second kappa shape index (κ2) is 5.91. The molecule has 116 valence electrons. The van der Waals surface area contributed by atoms with Gasteiger partial charge in [0, 0.05) is 20.1 Å². The van der Waals surface area contributed by atoms with Gasteiger partial charge in [0.1, 0.15) is 17.1 Å². The topological polar surface area (TPSA) is 72.4 Å². The maximum absolute atomic E-state index is 10.5. The Balaban J connectivity index is 2.01.